The smallest absolute Gasteiger partial charge is 0.281 e. The highest BCUT2D eigenvalue weighted by molar-refractivity contribution is 6.90. The fourth-order valence-corrected chi connectivity index (χ4v) is 4.07. The number of amides is 1. The van der Waals surface area contributed by atoms with Gasteiger partial charge in [-0.15, -0.1) is 0 Å². The first kappa shape index (κ1) is 16.3. The van der Waals surface area contributed by atoms with E-state index in [1.807, 2.05) is 30.3 Å². The van der Waals surface area contributed by atoms with Gasteiger partial charge in [0.05, 0.1) is 5.56 Å². The molecule has 0 fully saturated rings. The van der Waals surface area contributed by atoms with Crippen LogP contribution in [0, 0.1) is 0 Å². The summed E-state index contributed by atoms with van der Waals surface area (Å²) in [6.45, 7) is 4.25. The van der Waals surface area contributed by atoms with Crippen LogP contribution in [0.3, 0.4) is 0 Å². The highest BCUT2D eigenvalue weighted by atomic mass is 28.3. The molecule has 1 N–H and O–H groups in total. The molecule has 1 heterocycles. The first-order valence-corrected chi connectivity index (χ1v) is 10.2. The number of aromatic nitrogens is 1. The molecule has 116 valence electrons. The summed E-state index contributed by atoms with van der Waals surface area (Å²) < 4.78 is 25.8. The Balaban J connectivity index is 2.10. The second kappa shape index (κ2) is 6.78. The molecule has 0 saturated heterocycles. The van der Waals surface area contributed by atoms with Crippen molar-refractivity contribution in [2.75, 3.05) is 6.17 Å². The van der Waals surface area contributed by atoms with Gasteiger partial charge in [0.15, 0.2) is 0 Å². The lowest BCUT2D eigenvalue weighted by molar-refractivity contribution is 0.0943. The van der Waals surface area contributed by atoms with Gasteiger partial charge in [-0.3, -0.25) is 9.78 Å². The molecular weight excluding hydrogens is 302 g/mol. The van der Waals surface area contributed by atoms with Gasteiger partial charge in [-0.25, -0.2) is 8.78 Å². The Bertz CT molecular complexity index is 648. The lowest BCUT2D eigenvalue weighted by Gasteiger charge is -2.23. The molecule has 22 heavy (non-hydrogen) atoms. The molecule has 1 amide bonds. The van der Waals surface area contributed by atoms with E-state index in [1.165, 1.54) is 23.5 Å². The second-order valence-corrected chi connectivity index (χ2v) is 10.4. The van der Waals surface area contributed by atoms with Gasteiger partial charge in [-0.05, 0) is 12.1 Å². The maximum atomic E-state index is 12.9. The van der Waals surface area contributed by atoms with E-state index in [2.05, 4.69) is 23.4 Å². The number of carbonyl (C=O) groups is 1. The van der Waals surface area contributed by atoms with Crippen LogP contribution in [0.1, 0.15) is 22.5 Å². The van der Waals surface area contributed by atoms with Gasteiger partial charge in [-0.1, -0.05) is 48.6 Å². The van der Waals surface area contributed by atoms with Crippen molar-refractivity contribution in [2.45, 2.75) is 19.5 Å². The van der Waals surface area contributed by atoms with E-state index in [4.69, 9.17) is 0 Å². The molecule has 0 aliphatic rings. The molecule has 2 rings (SSSR count). The molecule has 0 radical (unpaired) electrons. The standard InChI is InChI=1S/C16H18F2N2OSi/c1-22(2,12-7-4-3-5-8-12)11-20-16(21)13-9-6-10-19-14(13)15(17)18/h3-10,15H,11H2,1-2H3,(H,20,21). The van der Waals surface area contributed by atoms with E-state index < -0.39 is 26.1 Å². The predicted octanol–water partition coefficient (Wildman–Crippen LogP) is 2.90. The van der Waals surface area contributed by atoms with E-state index >= 15 is 0 Å². The Kier molecular flexibility index (Phi) is 5.02. The zero-order valence-corrected chi connectivity index (χ0v) is 13.5. The molecule has 1 aromatic carbocycles. The van der Waals surface area contributed by atoms with Gasteiger partial charge in [0.1, 0.15) is 13.8 Å². The summed E-state index contributed by atoms with van der Waals surface area (Å²) in [6.07, 6.45) is -1.02. The Morgan fingerprint density at radius 2 is 1.86 bits per heavy atom. The monoisotopic (exact) mass is 320 g/mol. The van der Waals surface area contributed by atoms with Gasteiger partial charge >= 0.3 is 0 Å². The first-order chi connectivity index (χ1) is 10.4. The van der Waals surface area contributed by atoms with Crippen LogP contribution in [-0.2, 0) is 0 Å². The highest BCUT2D eigenvalue weighted by Gasteiger charge is 2.25. The van der Waals surface area contributed by atoms with Gasteiger partial charge < -0.3 is 5.32 Å². The normalized spacial score (nSPS) is 11.5. The minimum Gasteiger partial charge on any atom is -0.355 e. The topological polar surface area (TPSA) is 42.0 Å². The number of hydrogen-bond acceptors (Lipinski definition) is 2. The fraction of sp³-hybridized carbons (Fsp3) is 0.250. The molecule has 3 nitrogen and oxygen atoms in total. The van der Waals surface area contributed by atoms with Gasteiger partial charge in [0, 0.05) is 12.4 Å². The Labute approximate surface area is 129 Å². The maximum absolute atomic E-state index is 12.9. The maximum Gasteiger partial charge on any atom is 0.281 e. The van der Waals surface area contributed by atoms with Crippen LogP contribution in [0.25, 0.3) is 0 Å². The molecule has 0 aliphatic carbocycles. The van der Waals surface area contributed by atoms with Crippen molar-refractivity contribution in [2.24, 2.45) is 0 Å². The molecule has 6 heteroatoms. The summed E-state index contributed by atoms with van der Waals surface area (Å²) in [7, 11) is -1.86. The van der Waals surface area contributed by atoms with Crippen LogP contribution in [0.2, 0.25) is 13.1 Å². The van der Waals surface area contributed by atoms with Crippen LogP contribution < -0.4 is 10.5 Å². The number of alkyl halides is 2. The summed E-state index contributed by atoms with van der Waals surface area (Å²) in [5, 5.41) is 3.99. The number of hydrogen-bond donors (Lipinski definition) is 1. The third-order valence-corrected chi connectivity index (χ3v) is 6.49. The third-order valence-electron chi connectivity index (χ3n) is 3.54. The van der Waals surface area contributed by atoms with E-state index in [0.717, 1.165) is 0 Å². The molecule has 0 aliphatic heterocycles. The number of pyridine rings is 1. The molecule has 2 aromatic rings. The van der Waals surface area contributed by atoms with Crippen LogP contribution in [0.5, 0.6) is 0 Å². The lowest BCUT2D eigenvalue weighted by atomic mass is 10.2. The van der Waals surface area contributed by atoms with Gasteiger partial charge in [-0.2, -0.15) is 0 Å². The molecular formula is C16H18F2N2OSi. The first-order valence-electron chi connectivity index (χ1n) is 6.98. The van der Waals surface area contributed by atoms with E-state index in [0.29, 0.717) is 6.17 Å². The van der Waals surface area contributed by atoms with E-state index in [1.54, 1.807) is 0 Å². The summed E-state index contributed by atoms with van der Waals surface area (Å²) in [6, 6.07) is 12.8. The van der Waals surface area contributed by atoms with Crippen LogP contribution in [-0.4, -0.2) is 25.1 Å². The molecule has 0 spiro atoms. The molecule has 0 atom stereocenters. The van der Waals surface area contributed by atoms with Crippen molar-refractivity contribution < 1.29 is 13.6 Å². The average molecular weight is 320 g/mol. The quantitative estimate of drug-likeness (QED) is 0.861. The molecule has 1 aromatic heterocycles. The zero-order valence-electron chi connectivity index (χ0n) is 12.5. The third kappa shape index (κ3) is 3.76. The molecule has 0 saturated carbocycles. The van der Waals surface area contributed by atoms with E-state index in [9.17, 15) is 13.6 Å². The number of carbonyl (C=O) groups excluding carboxylic acids is 1. The van der Waals surface area contributed by atoms with Gasteiger partial charge in [0.25, 0.3) is 12.3 Å². The zero-order chi connectivity index (χ0) is 16.2. The van der Waals surface area contributed by atoms with Crippen molar-refractivity contribution >= 4 is 19.2 Å². The van der Waals surface area contributed by atoms with Crippen molar-refractivity contribution in [3.8, 4) is 0 Å². The second-order valence-electron chi connectivity index (χ2n) is 5.67. The Morgan fingerprint density at radius 1 is 1.18 bits per heavy atom. The van der Waals surface area contributed by atoms with Crippen molar-refractivity contribution in [1.82, 2.24) is 10.3 Å². The lowest BCUT2D eigenvalue weighted by Crippen LogP contribution is -2.51. The number of nitrogens with zero attached hydrogens (tertiary/aromatic N) is 1. The fourth-order valence-electron chi connectivity index (χ4n) is 2.17. The summed E-state index contributed by atoms with van der Waals surface area (Å²) in [5.74, 6) is -0.500. The number of halogens is 2. The largest absolute Gasteiger partial charge is 0.355 e. The SMILES string of the molecule is C[Si](C)(CNC(=O)c1cccnc1C(F)F)c1ccccc1. The molecule has 0 unspecified atom stereocenters. The Morgan fingerprint density at radius 3 is 2.50 bits per heavy atom. The van der Waals surface area contributed by atoms with Crippen molar-refractivity contribution in [3.63, 3.8) is 0 Å². The van der Waals surface area contributed by atoms with Crippen LogP contribution >= 0.6 is 0 Å². The van der Waals surface area contributed by atoms with Crippen molar-refractivity contribution in [3.05, 3.63) is 59.9 Å². The molecule has 0 bridgehead atoms. The van der Waals surface area contributed by atoms with Crippen molar-refractivity contribution in [1.29, 1.82) is 0 Å². The van der Waals surface area contributed by atoms with Crippen LogP contribution in [0.15, 0.2) is 48.7 Å². The average Bonchev–Trinajstić information content (AvgIpc) is 2.53. The van der Waals surface area contributed by atoms with E-state index in [-0.39, 0.29) is 5.56 Å². The summed E-state index contributed by atoms with van der Waals surface area (Å²) in [4.78, 5) is 15.8. The predicted molar refractivity (Wildman–Crippen MR) is 85.1 cm³/mol. The Hall–Kier alpha value is -2.08. The van der Waals surface area contributed by atoms with Crippen LogP contribution in [0.4, 0.5) is 8.78 Å². The number of benzene rings is 1. The number of rotatable bonds is 5. The minimum absolute atomic E-state index is 0.0599. The number of nitrogens with one attached hydrogen (secondary N) is 1. The van der Waals surface area contributed by atoms with Gasteiger partial charge in [0.2, 0.25) is 0 Å². The summed E-state index contributed by atoms with van der Waals surface area (Å²) in [5.41, 5.74) is -0.533. The highest BCUT2D eigenvalue weighted by Crippen LogP contribution is 2.20. The minimum atomic E-state index is -2.76. The summed E-state index contributed by atoms with van der Waals surface area (Å²) >= 11 is 0.